The van der Waals surface area contributed by atoms with Crippen molar-refractivity contribution < 1.29 is 9.59 Å². The monoisotopic (exact) mass is 227 g/mol. The minimum absolute atomic E-state index is 0.0665. The van der Waals surface area contributed by atoms with Gasteiger partial charge in [0.2, 0.25) is 11.8 Å². The molecule has 0 radical (unpaired) electrons. The summed E-state index contributed by atoms with van der Waals surface area (Å²) in [5.41, 5.74) is 0. The van der Waals surface area contributed by atoms with Gasteiger partial charge in [-0.3, -0.25) is 9.59 Å². The molecule has 5 nitrogen and oxygen atoms in total. The second-order valence-electron chi connectivity index (χ2n) is 4.21. The minimum atomic E-state index is -0.0665. The van der Waals surface area contributed by atoms with E-state index in [0.717, 1.165) is 19.3 Å². The van der Waals surface area contributed by atoms with Gasteiger partial charge in [-0.2, -0.15) is 0 Å². The van der Waals surface area contributed by atoms with Crippen molar-refractivity contribution >= 4 is 11.8 Å². The number of hydrogen-bond acceptors (Lipinski definition) is 3. The first-order chi connectivity index (χ1) is 7.65. The fourth-order valence-corrected chi connectivity index (χ4v) is 2.17. The minimum Gasteiger partial charge on any atom is -0.355 e. The van der Waals surface area contributed by atoms with E-state index in [0.29, 0.717) is 19.1 Å². The Morgan fingerprint density at radius 2 is 1.88 bits per heavy atom. The highest BCUT2D eigenvalue weighted by molar-refractivity contribution is 5.79. The van der Waals surface area contributed by atoms with E-state index >= 15 is 0 Å². The van der Waals surface area contributed by atoms with Gasteiger partial charge >= 0.3 is 0 Å². The van der Waals surface area contributed by atoms with Gasteiger partial charge in [-0.1, -0.05) is 6.42 Å². The molecule has 0 aliphatic heterocycles. The second kappa shape index (κ2) is 6.48. The molecule has 1 saturated carbocycles. The first-order valence-corrected chi connectivity index (χ1v) is 5.84. The lowest BCUT2D eigenvalue weighted by atomic mass is 10.0. The van der Waals surface area contributed by atoms with Crippen molar-refractivity contribution in [3.05, 3.63) is 0 Å². The van der Waals surface area contributed by atoms with Gasteiger partial charge in [0.15, 0.2) is 0 Å². The van der Waals surface area contributed by atoms with Gasteiger partial charge in [-0.05, 0) is 19.9 Å². The van der Waals surface area contributed by atoms with Gasteiger partial charge in [-0.25, -0.2) is 0 Å². The van der Waals surface area contributed by atoms with E-state index in [4.69, 9.17) is 0 Å². The third-order valence-corrected chi connectivity index (χ3v) is 3.02. The van der Waals surface area contributed by atoms with Crippen LogP contribution < -0.4 is 16.0 Å². The number of carbonyl (C=O) groups is 2. The molecule has 0 bridgehead atoms. The fraction of sp³-hybridized carbons (Fsp3) is 0.818. The molecule has 0 saturated heterocycles. The van der Waals surface area contributed by atoms with Crippen molar-refractivity contribution in [2.75, 3.05) is 20.1 Å². The van der Waals surface area contributed by atoms with Gasteiger partial charge in [0.1, 0.15) is 0 Å². The number of rotatable bonds is 5. The molecule has 2 amide bonds. The molecule has 0 aromatic carbocycles. The summed E-state index contributed by atoms with van der Waals surface area (Å²) in [5.74, 6) is 0.118. The van der Waals surface area contributed by atoms with Crippen molar-refractivity contribution in [2.24, 2.45) is 5.92 Å². The molecule has 1 aliphatic rings. The summed E-state index contributed by atoms with van der Waals surface area (Å²) >= 11 is 0. The summed E-state index contributed by atoms with van der Waals surface area (Å²) in [4.78, 5) is 22.4. The lowest BCUT2D eigenvalue weighted by Gasteiger charge is -2.18. The summed E-state index contributed by atoms with van der Waals surface area (Å²) in [6.45, 7) is 2.47. The second-order valence-corrected chi connectivity index (χ2v) is 4.21. The highest BCUT2D eigenvalue weighted by Gasteiger charge is 2.31. The number of amides is 2. The van der Waals surface area contributed by atoms with Crippen LogP contribution in [0.5, 0.6) is 0 Å². The van der Waals surface area contributed by atoms with Crippen molar-refractivity contribution in [1.82, 2.24) is 16.0 Å². The molecule has 0 aromatic heterocycles. The normalized spacial score (nSPS) is 24.1. The Morgan fingerprint density at radius 1 is 1.19 bits per heavy atom. The van der Waals surface area contributed by atoms with Crippen molar-refractivity contribution in [1.29, 1.82) is 0 Å². The standard InChI is InChI=1S/C11H21N3O2/c1-8(15)13-6-7-14-11(16)9-4-3-5-10(9)12-2/h9-10,12H,3-7H2,1-2H3,(H,13,15)(H,14,16). The zero-order chi connectivity index (χ0) is 12.0. The van der Waals surface area contributed by atoms with Crippen molar-refractivity contribution in [3.8, 4) is 0 Å². The molecule has 1 rings (SSSR count). The Morgan fingerprint density at radius 3 is 2.50 bits per heavy atom. The fourth-order valence-electron chi connectivity index (χ4n) is 2.17. The van der Waals surface area contributed by atoms with Crippen LogP contribution in [-0.2, 0) is 9.59 Å². The molecule has 92 valence electrons. The average Bonchev–Trinajstić information content (AvgIpc) is 2.71. The van der Waals surface area contributed by atoms with E-state index < -0.39 is 0 Å². The summed E-state index contributed by atoms with van der Waals surface area (Å²) in [6, 6.07) is 0.306. The maximum Gasteiger partial charge on any atom is 0.224 e. The lowest BCUT2D eigenvalue weighted by Crippen LogP contribution is -2.42. The summed E-state index contributed by atoms with van der Waals surface area (Å²) in [7, 11) is 1.90. The van der Waals surface area contributed by atoms with Gasteiger partial charge in [0.05, 0.1) is 5.92 Å². The Hall–Kier alpha value is -1.10. The summed E-state index contributed by atoms with van der Waals surface area (Å²) in [5, 5.41) is 8.67. The summed E-state index contributed by atoms with van der Waals surface area (Å²) in [6.07, 6.45) is 3.13. The summed E-state index contributed by atoms with van der Waals surface area (Å²) < 4.78 is 0. The third kappa shape index (κ3) is 3.81. The molecule has 1 fully saturated rings. The van der Waals surface area contributed by atoms with Gasteiger partial charge in [-0.15, -0.1) is 0 Å². The van der Waals surface area contributed by atoms with E-state index in [1.165, 1.54) is 6.92 Å². The zero-order valence-corrected chi connectivity index (χ0v) is 10.0. The molecule has 0 heterocycles. The van der Waals surface area contributed by atoms with E-state index in [2.05, 4.69) is 16.0 Å². The van der Waals surface area contributed by atoms with Gasteiger partial charge in [0.25, 0.3) is 0 Å². The molecule has 0 spiro atoms. The number of hydrogen-bond donors (Lipinski definition) is 3. The predicted molar refractivity (Wildman–Crippen MR) is 61.9 cm³/mol. The van der Waals surface area contributed by atoms with Crippen LogP contribution in [0.15, 0.2) is 0 Å². The van der Waals surface area contributed by atoms with E-state index in [1.807, 2.05) is 7.05 Å². The Bertz CT molecular complexity index is 256. The first-order valence-electron chi connectivity index (χ1n) is 5.84. The van der Waals surface area contributed by atoms with Crippen LogP contribution in [0.25, 0.3) is 0 Å². The predicted octanol–water partition coefficient (Wildman–Crippen LogP) is -0.373. The molecule has 1 aliphatic carbocycles. The van der Waals surface area contributed by atoms with Crippen LogP contribution in [0.1, 0.15) is 26.2 Å². The van der Waals surface area contributed by atoms with Crippen LogP contribution >= 0.6 is 0 Å². The highest BCUT2D eigenvalue weighted by atomic mass is 16.2. The molecule has 2 atom stereocenters. The van der Waals surface area contributed by atoms with Crippen molar-refractivity contribution in [2.45, 2.75) is 32.2 Å². The van der Waals surface area contributed by atoms with Gasteiger partial charge < -0.3 is 16.0 Å². The zero-order valence-electron chi connectivity index (χ0n) is 10.0. The van der Waals surface area contributed by atoms with E-state index in [-0.39, 0.29) is 17.7 Å². The first kappa shape index (κ1) is 13.0. The van der Waals surface area contributed by atoms with Crippen LogP contribution in [0.2, 0.25) is 0 Å². The van der Waals surface area contributed by atoms with Crippen LogP contribution in [-0.4, -0.2) is 38.0 Å². The van der Waals surface area contributed by atoms with Crippen LogP contribution in [0, 0.1) is 5.92 Å². The SMILES string of the molecule is CNC1CCCC1C(=O)NCCNC(C)=O. The van der Waals surface area contributed by atoms with Gasteiger partial charge in [0, 0.05) is 26.1 Å². The van der Waals surface area contributed by atoms with Crippen LogP contribution in [0.3, 0.4) is 0 Å². The van der Waals surface area contributed by atoms with E-state index in [1.54, 1.807) is 0 Å². The smallest absolute Gasteiger partial charge is 0.224 e. The Kier molecular flexibility index (Phi) is 5.25. The molecule has 5 heteroatoms. The largest absolute Gasteiger partial charge is 0.355 e. The maximum absolute atomic E-state index is 11.8. The molecular formula is C11H21N3O2. The lowest BCUT2D eigenvalue weighted by molar-refractivity contribution is -0.125. The molecule has 2 unspecified atom stereocenters. The number of nitrogens with one attached hydrogen (secondary N) is 3. The van der Waals surface area contributed by atoms with Crippen LogP contribution in [0.4, 0.5) is 0 Å². The molecule has 16 heavy (non-hydrogen) atoms. The topological polar surface area (TPSA) is 70.2 Å². The highest BCUT2D eigenvalue weighted by Crippen LogP contribution is 2.25. The quantitative estimate of drug-likeness (QED) is 0.561. The molecule has 0 aromatic rings. The van der Waals surface area contributed by atoms with E-state index in [9.17, 15) is 9.59 Å². The Balaban J connectivity index is 2.21. The maximum atomic E-state index is 11.8. The third-order valence-electron chi connectivity index (χ3n) is 3.02. The van der Waals surface area contributed by atoms with Crippen molar-refractivity contribution in [3.63, 3.8) is 0 Å². The average molecular weight is 227 g/mol. The molecular weight excluding hydrogens is 206 g/mol. The number of carbonyl (C=O) groups excluding carboxylic acids is 2. The Labute approximate surface area is 96.4 Å². The molecule has 3 N–H and O–H groups in total.